The lowest BCUT2D eigenvalue weighted by atomic mass is 9.95. The third-order valence-electron chi connectivity index (χ3n) is 2.06. The highest BCUT2D eigenvalue weighted by molar-refractivity contribution is 5.79. The molecular formula is C11H12N2. The van der Waals surface area contributed by atoms with Gasteiger partial charge in [0.2, 0.25) is 0 Å². The Labute approximate surface area is 78.0 Å². The van der Waals surface area contributed by atoms with Gasteiger partial charge in [-0.1, -0.05) is 26.0 Å². The molecule has 1 aliphatic rings. The molecular weight excluding hydrogens is 160 g/mol. The third kappa shape index (κ3) is 1.66. The Kier molecular flexibility index (Phi) is 1.76. The van der Waals surface area contributed by atoms with Crippen LogP contribution < -0.4 is 0 Å². The lowest BCUT2D eigenvalue weighted by Crippen LogP contribution is -2.07. The van der Waals surface area contributed by atoms with Gasteiger partial charge in [-0.2, -0.15) is 0 Å². The third-order valence-corrected chi connectivity index (χ3v) is 2.06. The van der Waals surface area contributed by atoms with Gasteiger partial charge in [0.05, 0.1) is 5.69 Å². The summed E-state index contributed by atoms with van der Waals surface area (Å²) in [5.74, 6) is 0. The van der Waals surface area contributed by atoms with E-state index >= 15 is 0 Å². The van der Waals surface area contributed by atoms with E-state index in [0.717, 1.165) is 11.3 Å². The largest absolute Gasteiger partial charge is 0.264 e. The number of hydrogen-bond donors (Lipinski definition) is 0. The number of aliphatic imine (C=N–C) groups is 1. The normalized spacial score (nSPS) is 18.0. The number of nitrogens with zero attached hydrogens (tertiary/aromatic N) is 2. The average Bonchev–Trinajstić information content (AvgIpc) is 2.27. The van der Waals surface area contributed by atoms with Crippen molar-refractivity contribution >= 4 is 18.0 Å². The van der Waals surface area contributed by atoms with Crippen molar-refractivity contribution in [3.63, 3.8) is 0 Å². The van der Waals surface area contributed by atoms with E-state index in [1.807, 2.05) is 18.5 Å². The van der Waals surface area contributed by atoms with Gasteiger partial charge in [-0.15, -0.1) is 0 Å². The van der Waals surface area contributed by atoms with Gasteiger partial charge in [-0.05, 0) is 6.07 Å². The summed E-state index contributed by atoms with van der Waals surface area (Å²) in [6.45, 7) is 4.26. The van der Waals surface area contributed by atoms with Crippen LogP contribution in [0.2, 0.25) is 0 Å². The summed E-state index contributed by atoms with van der Waals surface area (Å²) in [5.41, 5.74) is 2.13. The summed E-state index contributed by atoms with van der Waals surface area (Å²) in [6, 6.07) is 1.93. The Morgan fingerprint density at radius 2 is 2.15 bits per heavy atom. The van der Waals surface area contributed by atoms with Crippen LogP contribution >= 0.6 is 0 Å². The number of hydrogen-bond acceptors (Lipinski definition) is 2. The van der Waals surface area contributed by atoms with Crippen molar-refractivity contribution in [1.29, 1.82) is 0 Å². The van der Waals surface area contributed by atoms with E-state index in [0.29, 0.717) is 0 Å². The highest BCUT2D eigenvalue weighted by Crippen LogP contribution is 2.26. The zero-order valence-electron chi connectivity index (χ0n) is 7.86. The fourth-order valence-electron chi connectivity index (χ4n) is 1.23. The maximum absolute atomic E-state index is 4.41. The Bertz CT molecular complexity index is 340. The molecule has 0 atom stereocenters. The average molecular weight is 172 g/mol. The van der Waals surface area contributed by atoms with E-state index in [1.54, 1.807) is 6.20 Å². The molecule has 66 valence electrons. The number of aromatic nitrogens is 1. The Hall–Kier alpha value is -1.44. The molecule has 2 rings (SSSR count). The highest BCUT2D eigenvalue weighted by atomic mass is 14.8. The zero-order valence-corrected chi connectivity index (χ0v) is 7.86. The summed E-state index contributed by atoms with van der Waals surface area (Å²) in [5, 5.41) is 0. The molecule has 2 heteroatoms. The zero-order chi connectivity index (χ0) is 9.31. The van der Waals surface area contributed by atoms with E-state index < -0.39 is 0 Å². The molecule has 0 unspecified atom stereocenters. The van der Waals surface area contributed by atoms with Gasteiger partial charge in [-0.25, -0.2) is 0 Å². The van der Waals surface area contributed by atoms with Crippen LogP contribution in [0.25, 0.3) is 6.08 Å². The summed E-state index contributed by atoms with van der Waals surface area (Å²) in [6.07, 6.45) is 9.79. The molecule has 0 aliphatic carbocycles. The topological polar surface area (TPSA) is 25.2 Å². The molecule has 0 bridgehead atoms. The molecule has 0 spiro atoms. The van der Waals surface area contributed by atoms with Crippen molar-refractivity contribution in [1.82, 2.24) is 4.98 Å². The molecule has 1 aromatic heterocycles. The maximum Gasteiger partial charge on any atom is 0.0729 e. The number of pyridine rings is 1. The Balaban J connectivity index is 2.53. The van der Waals surface area contributed by atoms with Gasteiger partial charge in [0.15, 0.2) is 0 Å². The van der Waals surface area contributed by atoms with Crippen LogP contribution in [0.1, 0.15) is 19.4 Å². The molecule has 13 heavy (non-hydrogen) atoms. The monoisotopic (exact) mass is 172 g/mol. The molecule has 2 heterocycles. The van der Waals surface area contributed by atoms with Gasteiger partial charge < -0.3 is 0 Å². The molecule has 0 saturated carbocycles. The van der Waals surface area contributed by atoms with Gasteiger partial charge >= 0.3 is 0 Å². The Morgan fingerprint density at radius 1 is 1.31 bits per heavy atom. The van der Waals surface area contributed by atoms with Crippen LogP contribution in [0.4, 0.5) is 5.69 Å². The molecule has 1 aliphatic heterocycles. The smallest absolute Gasteiger partial charge is 0.0729 e. The standard InChI is InChI=1S/C11H12N2/c1-11(2)5-3-9-7-12-6-4-10(9)13-8-11/h3-8H,1-2H3. The minimum atomic E-state index is 0.0407. The summed E-state index contributed by atoms with van der Waals surface area (Å²) >= 11 is 0. The van der Waals surface area contributed by atoms with Gasteiger partial charge in [0.1, 0.15) is 0 Å². The van der Waals surface area contributed by atoms with Crippen LogP contribution in [-0.2, 0) is 0 Å². The second kappa shape index (κ2) is 2.80. The van der Waals surface area contributed by atoms with Crippen LogP contribution in [0, 0.1) is 5.41 Å². The molecule has 0 saturated heterocycles. The maximum atomic E-state index is 4.41. The first-order valence-corrected chi connectivity index (χ1v) is 4.36. The van der Waals surface area contributed by atoms with E-state index in [2.05, 4.69) is 36.0 Å². The van der Waals surface area contributed by atoms with Gasteiger partial charge in [0.25, 0.3) is 0 Å². The molecule has 0 radical (unpaired) electrons. The predicted molar refractivity (Wildman–Crippen MR) is 55.2 cm³/mol. The molecule has 0 N–H and O–H groups in total. The summed E-state index contributed by atoms with van der Waals surface area (Å²) in [7, 11) is 0. The van der Waals surface area contributed by atoms with Crippen LogP contribution in [-0.4, -0.2) is 11.2 Å². The van der Waals surface area contributed by atoms with E-state index in [-0.39, 0.29) is 5.41 Å². The summed E-state index contributed by atoms with van der Waals surface area (Å²) < 4.78 is 0. The number of fused-ring (bicyclic) bond motifs is 1. The lowest BCUT2D eigenvalue weighted by molar-refractivity contribution is 0.699. The fraction of sp³-hybridized carbons (Fsp3) is 0.273. The van der Waals surface area contributed by atoms with Crippen LogP contribution in [0.15, 0.2) is 29.5 Å². The Morgan fingerprint density at radius 3 is 3.00 bits per heavy atom. The first-order chi connectivity index (χ1) is 6.17. The number of allylic oxidation sites excluding steroid dienone is 1. The lowest BCUT2D eigenvalue weighted by Gasteiger charge is -2.10. The fourth-order valence-corrected chi connectivity index (χ4v) is 1.23. The molecule has 1 aromatic rings. The minimum absolute atomic E-state index is 0.0407. The summed E-state index contributed by atoms with van der Waals surface area (Å²) in [4.78, 5) is 8.47. The molecule has 0 aromatic carbocycles. The van der Waals surface area contributed by atoms with Gasteiger partial charge in [-0.3, -0.25) is 9.98 Å². The van der Waals surface area contributed by atoms with Crippen molar-refractivity contribution < 1.29 is 0 Å². The SMILES string of the molecule is CC1(C)C=Cc2cnccc2N=C1. The quantitative estimate of drug-likeness (QED) is 0.590. The van der Waals surface area contributed by atoms with Crippen molar-refractivity contribution in [2.45, 2.75) is 13.8 Å². The molecule has 0 amide bonds. The van der Waals surface area contributed by atoms with E-state index in [1.165, 1.54) is 0 Å². The first kappa shape index (κ1) is 8.17. The van der Waals surface area contributed by atoms with Crippen LogP contribution in [0.3, 0.4) is 0 Å². The minimum Gasteiger partial charge on any atom is -0.264 e. The van der Waals surface area contributed by atoms with Crippen LogP contribution in [0.5, 0.6) is 0 Å². The van der Waals surface area contributed by atoms with E-state index in [4.69, 9.17) is 0 Å². The van der Waals surface area contributed by atoms with Crippen molar-refractivity contribution in [3.8, 4) is 0 Å². The van der Waals surface area contributed by atoms with E-state index in [9.17, 15) is 0 Å². The van der Waals surface area contributed by atoms with Gasteiger partial charge in [0, 0.05) is 29.6 Å². The molecule has 0 fully saturated rings. The van der Waals surface area contributed by atoms with Crippen molar-refractivity contribution in [3.05, 3.63) is 30.1 Å². The number of rotatable bonds is 0. The predicted octanol–water partition coefficient (Wildman–Crippen LogP) is 2.84. The molecule has 2 nitrogen and oxygen atoms in total. The first-order valence-electron chi connectivity index (χ1n) is 4.36. The second-order valence-corrected chi connectivity index (χ2v) is 3.85. The highest BCUT2D eigenvalue weighted by Gasteiger charge is 2.13. The van der Waals surface area contributed by atoms with Crippen molar-refractivity contribution in [2.24, 2.45) is 10.4 Å². The second-order valence-electron chi connectivity index (χ2n) is 3.85. The van der Waals surface area contributed by atoms with Crippen molar-refractivity contribution in [2.75, 3.05) is 0 Å².